The smallest absolute Gasteiger partial charge is 0.171 e. The second kappa shape index (κ2) is 17.1. The quantitative estimate of drug-likeness (QED) is 0.149. The summed E-state index contributed by atoms with van der Waals surface area (Å²) in [6.07, 6.45) is 0. The van der Waals surface area contributed by atoms with Gasteiger partial charge in [-0.2, -0.15) is 0 Å². The van der Waals surface area contributed by atoms with Crippen LogP contribution in [0.2, 0.25) is 0 Å². The van der Waals surface area contributed by atoms with Crippen LogP contribution in [0.25, 0.3) is 66.8 Å². The van der Waals surface area contributed by atoms with Crippen LogP contribution in [0.1, 0.15) is 0 Å². The summed E-state index contributed by atoms with van der Waals surface area (Å²) in [5, 5.41) is 2.42. The highest BCUT2D eigenvalue weighted by Crippen LogP contribution is 2.55. The lowest BCUT2D eigenvalue weighted by atomic mass is 9.91. The van der Waals surface area contributed by atoms with Crippen LogP contribution >= 0.6 is 7.14 Å². The second-order valence-electron chi connectivity index (χ2n) is 18.0. The van der Waals surface area contributed by atoms with E-state index in [-0.39, 0.29) is 0 Å². The zero-order valence-corrected chi connectivity index (χ0v) is 39.1. The summed E-state index contributed by atoms with van der Waals surface area (Å²) in [5.74, 6) is 0. The average molecular weight is 913 g/mol. The van der Waals surface area contributed by atoms with Crippen LogP contribution in [0.15, 0.2) is 273 Å². The van der Waals surface area contributed by atoms with E-state index in [1.165, 1.54) is 38.9 Å². The number of hydrogen-bond donors (Lipinski definition) is 0. The predicted molar refractivity (Wildman–Crippen MR) is 295 cm³/mol. The van der Waals surface area contributed by atoms with Crippen molar-refractivity contribution < 1.29 is 4.57 Å². The zero-order chi connectivity index (χ0) is 46.6. The van der Waals surface area contributed by atoms with E-state index in [4.69, 9.17) is 0 Å². The van der Waals surface area contributed by atoms with Gasteiger partial charge in [-0.1, -0.05) is 212 Å². The van der Waals surface area contributed by atoms with E-state index >= 15 is 4.57 Å². The van der Waals surface area contributed by atoms with E-state index in [9.17, 15) is 0 Å². The number of fused-ring (bicyclic) bond motifs is 10. The first-order valence-corrected chi connectivity index (χ1v) is 25.6. The molecule has 0 aliphatic carbocycles. The van der Waals surface area contributed by atoms with Gasteiger partial charge in [0.1, 0.15) is 0 Å². The Balaban J connectivity index is 1.00. The van der Waals surface area contributed by atoms with E-state index in [1.807, 2.05) is 60.7 Å². The lowest BCUT2D eigenvalue weighted by Crippen LogP contribution is -2.25. The SMILES string of the molecule is O=P(c1ccccc1)(c1ccccc1)c1ccc(N2c3ccccc3-c3ccccc3-c3ccc(-c4ccc5c(c4)N(c4cccc(-c6ccccc6)c4)c4ccccc4-c4ccccc4-5)cc32)cc1. The number of benzene rings is 11. The molecule has 0 atom stereocenters. The van der Waals surface area contributed by atoms with Gasteiger partial charge in [0, 0.05) is 49.5 Å². The summed E-state index contributed by atoms with van der Waals surface area (Å²) in [6.45, 7) is 0. The van der Waals surface area contributed by atoms with Crippen molar-refractivity contribution in [2.75, 3.05) is 9.80 Å². The molecule has 330 valence electrons. The van der Waals surface area contributed by atoms with Gasteiger partial charge in [0.2, 0.25) is 0 Å². The van der Waals surface area contributed by atoms with Gasteiger partial charge in [-0.25, -0.2) is 0 Å². The van der Waals surface area contributed by atoms with Crippen molar-refractivity contribution in [1.82, 2.24) is 0 Å². The van der Waals surface area contributed by atoms with Crippen LogP contribution in [-0.2, 0) is 4.57 Å². The number of rotatable bonds is 7. The standard InChI is InChI=1S/C66H45N2OP/c69-70(52-23-6-2-7-24-52,53-25-8-3-9-26-53)54-39-37-50(38-40-54)67-63-33-16-14-31-59(63)55-27-10-12-29-57(55)61-41-35-48(44-65(61)67)49-36-42-62-58-30-13-11-28-56(58)60-32-15-17-34-64(60)68(66(62)45-49)51-22-18-21-47(43-51)46-19-4-1-5-20-46/h1-45H. The first kappa shape index (κ1) is 41.4. The Morgan fingerprint density at radius 2 is 0.586 bits per heavy atom. The summed E-state index contributed by atoms with van der Waals surface area (Å²) in [6, 6.07) is 96.8. The highest BCUT2D eigenvalue weighted by molar-refractivity contribution is 7.85. The minimum Gasteiger partial charge on any atom is -0.309 e. The van der Waals surface area contributed by atoms with E-state index in [0.29, 0.717) is 0 Å². The monoisotopic (exact) mass is 912 g/mol. The molecular formula is C66H45N2OP. The van der Waals surface area contributed by atoms with Gasteiger partial charge >= 0.3 is 0 Å². The van der Waals surface area contributed by atoms with Crippen molar-refractivity contribution in [3.8, 4) is 66.8 Å². The first-order chi connectivity index (χ1) is 34.6. The molecule has 3 nitrogen and oxygen atoms in total. The van der Waals surface area contributed by atoms with E-state index in [1.54, 1.807) is 0 Å². The Labute approximate surface area is 409 Å². The Morgan fingerprint density at radius 1 is 0.229 bits per heavy atom. The largest absolute Gasteiger partial charge is 0.309 e. The minimum atomic E-state index is -3.20. The first-order valence-electron chi connectivity index (χ1n) is 23.9. The van der Waals surface area contributed by atoms with Gasteiger partial charge in [0.25, 0.3) is 0 Å². The molecule has 0 radical (unpaired) electrons. The van der Waals surface area contributed by atoms with Gasteiger partial charge < -0.3 is 14.4 Å². The summed E-state index contributed by atoms with van der Waals surface area (Å²) < 4.78 is 15.5. The van der Waals surface area contributed by atoms with E-state index in [2.05, 4.69) is 222 Å². The zero-order valence-electron chi connectivity index (χ0n) is 38.2. The Bertz CT molecular complexity index is 3770. The molecule has 0 unspecified atom stereocenters. The molecule has 0 saturated carbocycles. The van der Waals surface area contributed by atoms with Crippen LogP contribution in [0.3, 0.4) is 0 Å². The maximum absolute atomic E-state index is 15.5. The molecule has 0 N–H and O–H groups in total. The van der Waals surface area contributed by atoms with Gasteiger partial charge in [-0.15, -0.1) is 0 Å². The Kier molecular flexibility index (Phi) is 10.1. The van der Waals surface area contributed by atoms with Crippen molar-refractivity contribution >= 4 is 57.2 Å². The molecule has 0 fully saturated rings. The van der Waals surface area contributed by atoms with E-state index in [0.717, 1.165) is 77.9 Å². The minimum absolute atomic E-state index is 0.793. The average Bonchev–Trinajstić information content (AvgIpc) is 3.64. The van der Waals surface area contributed by atoms with Crippen LogP contribution < -0.4 is 25.7 Å². The summed E-state index contributed by atoms with van der Waals surface area (Å²) in [5.41, 5.74) is 20.4. The van der Waals surface area contributed by atoms with Gasteiger partial charge in [-0.3, -0.25) is 0 Å². The molecule has 0 amide bonds. The van der Waals surface area contributed by atoms with Crippen LogP contribution in [0.5, 0.6) is 0 Å². The molecule has 2 aliphatic heterocycles. The van der Waals surface area contributed by atoms with E-state index < -0.39 is 7.14 Å². The summed E-state index contributed by atoms with van der Waals surface area (Å²) in [7, 11) is -3.20. The molecular weight excluding hydrogens is 868 g/mol. The summed E-state index contributed by atoms with van der Waals surface area (Å²) >= 11 is 0. The summed E-state index contributed by atoms with van der Waals surface area (Å²) in [4.78, 5) is 4.85. The maximum Gasteiger partial charge on any atom is 0.171 e. The number of nitrogens with zero attached hydrogens (tertiary/aromatic N) is 2. The van der Waals surface area contributed by atoms with Crippen molar-refractivity contribution in [3.63, 3.8) is 0 Å². The molecule has 0 saturated heterocycles. The van der Waals surface area contributed by atoms with Crippen molar-refractivity contribution in [2.24, 2.45) is 0 Å². The van der Waals surface area contributed by atoms with Crippen molar-refractivity contribution in [3.05, 3.63) is 273 Å². The van der Waals surface area contributed by atoms with Gasteiger partial charge in [0.15, 0.2) is 7.14 Å². The molecule has 0 aromatic heterocycles. The third-order valence-corrected chi connectivity index (χ3v) is 17.1. The Hall–Kier alpha value is -8.75. The molecule has 11 aromatic carbocycles. The highest BCUT2D eigenvalue weighted by Gasteiger charge is 2.32. The lowest BCUT2D eigenvalue weighted by molar-refractivity contribution is 0.592. The third kappa shape index (κ3) is 6.86. The number of hydrogen-bond acceptors (Lipinski definition) is 3. The Morgan fingerprint density at radius 3 is 1.07 bits per heavy atom. The molecule has 0 bridgehead atoms. The number of para-hydroxylation sites is 2. The second-order valence-corrected chi connectivity index (χ2v) is 20.7. The molecule has 70 heavy (non-hydrogen) atoms. The van der Waals surface area contributed by atoms with Crippen LogP contribution in [-0.4, -0.2) is 0 Å². The normalized spacial score (nSPS) is 12.3. The highest BCUT2D eigenvalue weighted by atomic mass is 31.2. The third-order valence-electron chi connectivity index (χ3n) is 14.0. The molecule has 13 rings (SSSR count). The predicted octanol–water partition coefficient (Wildman–Crippen LogP) is 16.9. The molecule has 2 aliphatic rings. The lowest BCUT2D eigenvalue weighted by Gasteiger charge is -2.29. The number of anilines is 6. The molecule has 4 heteroatoms. The maximum atomic E-state index is 15.5. The van der Waals surface area contributed by atoms with Gasteiger partial charge in [0.05, 0.1) is 22.7 Å². The van der Waals surface area contributed by atoms with Gasteiger partial charge in [-0.05, 0) is 105 Å². The fourth-order valence-electron chi connectivity index (χ4n) is 10.8. The van der Waals surface area contributed by atoms with Crippen molar-refractivity contribution in [2.45, 2.75) is 0 Å². The fourth-order valence-corrected chi connectivity index (χ4v) is 13.4. The topological polar surface area (TPSA) is 23.6 Å². The van der Waals surface area contributed by atoms with Crippen LogP contribution in [0, 0.1) is 0 Å². The van der Waals surface area contributed by atoms with Crippen molar-refractivity contribution in [1.29, 1.82) is 0 Å². The van der Waals surface area contributed by atoms with Crippen LogP contribution in [0.4, 0.5) is 34.1 Å². The molecule has 2 heterocycles. The molecule has 0 spiro atoms. The molecule has 11 aromatic rings. The fraction of sp³-hybridized carbons (Fsp3) is 0.